The first kappa shape index (κ1) is 14.4. The maximum atomic E-state index is 11.9. The minimum atomic E-state index is -0.0543. The zero-order chi connectivity index (χ0) is 14.4. The Morgan fingerprint density at radius 3 is 2.60 bits per heavy atom. The van der Waals surface area contributed by atoms with Crippen LogP contribution in [-0.2, 0) is 4.79 Å². The molecule has 0 spiro atoms. The summed E-state index contributed by atoms with van der Waals surface area (Å²) in [7, 11) is 0. The van der Waals surface area contributed by atoms with Crippen LogP contribution in [0.2, 0.25) is 5.02 Å². The van der Waals surface area contributed by atoms with Crippen molar-refractivity contribution in [3.8, 4) is 0 Å². The van der Waals surface area contributed by atoms with Gasteiger partial charge in [0, 0.05) is 10.7 Å². The highest BCUT2D eigenvalue weighted by Gasteiger charge is 2.08. The van der Waals surface area contributed by atoms with Gasteiger partial charge in [0.05, 0.1) is 12.6 Å². The average Bonchev–Trinajstić information content (AvgIpc) is 2.46. The predicted octanol–water partition coefficient (Wildman–Crippen LogP) is 3.63. The first-order chi connectivity index (χ1) is 9.65. The number of nitrogens with one attached hydrogen (secondary N) is 2. The van der Waals surface area contributed by atoms with E-state index in [2.05, 4.69) is 10.6 Å². The third-order valence-electron chi connectivity index (χ3n) is 2.95. The molecule has 0 bridgehead atoms. The van der Waals surface area contributed by atoms with E-state index in [-0.39, 0.29) is 18.5 Å². The minimum Gasteiger partial charge on any atom is -0.376 e. The Morgan fingerprint density at radius 2 is 1.90 bits per heavy atom. The molecule has 0 radical (unpaired) electrons. The van der Waals surface area contributed by atoms with Crippen molar-refractivity contribution >= 4 is 23.2 Å². The Bertz CT molecular complexity index is 572. The maximum absolute atomic E-state index is 11.9. The van der Waals surface area contributed by atoms with Crippen molar-refractivity contribution in [2.75, 3.05) is 11.9 Å². The normalized spacial score (nSPS) is 11.7. The molecule has 0 aliphatic rings. The van der Waals surface area contributed by atoms with E-state index in [9.17, 15) is 4.79 Å². The molecule has 0 aliphatic carbocycles. The van der Waals surface area contributed by atoms with Gasteiger partial charge in [-0.25, -0.2) is 0 Å². The van der Waals surface area contributed by atoms with Crippen LogP contribution in [0, 0.1) is 0 Å². The number of carbonyl (C=O) groups is 1. The monoisotopic (exact) mass is 288 g/mol. The smallest absolute Gasteiger partial charge is 0.239 e. The molecule has 1 atom stereocenters. The van der Waals surface area contributed by atoms with Gasteiger partial charge < -0.3 is 10.6 Å². The van der Waals surface area contributed by atoms with Gasteiger partial charge in [-0.2, -0.15) is 0 Å². The van der Waals surface area contributed by atoms with Crippen molar-refractivity contribution in [3.05, 3.63) is 65.2 Å². The zero-order valence-corrected chi connectivity index (χ0v) is 12.0. The van der Waals surface area contributed by atoms with Crippen LogP contribution < -0.4 is 10.6 Å². The van der Waals surface area contributed by atoms with Gasteiger partial charge in [0.15, 0.2) is 0 Å². The molecule has 0 fully saturated rings. The lowest BCUT2D eigenvalue weighted by Gasteiger charge is -2.15. The summed E-state index contributed by atoms with van der Waals surface area (Å²) < 4.78 is 0. The predicted molar refractivity (Wildman–Crippen MR) is 82.9 cm³/mol. The molecule has 0 heterocycles. The molecule has 20 heavy (non-hydrogen) atoms. The Morgan fingerprint density at radius 1 is 1.15 bits per heavy atom. The Balaban J connectivity index is 1.84. The second-order valence-corrected chi connectivity index (χ2v) is 5.00. The molecule has 2 aromatic carbocycles. The van der Waals surface area contributed by atoms with E-state index >= 15 is 0 Å². The SMILES string of the molecule is C[C@H](NC(=O)CNc1cccc(Cl)c1)c1ccccc1. The van der Waals surface area contributed by atoms with Crippen LogP contribution in [-0.4, -0.2) is 12.5 Å². The maximum Gasteiger partial charge on any atom is 0.239 e. The molecule has 0 unspecified atom stereocenters. The fourth-order valence-electron chi connectivity index (χ4n) is 1.90. The van der Waals surface area contributed by atoms with E-state index in [1.165, 1.54) is 0 Å². The van der Waals surface area contributed by atoms with Crippen molar-refractivity contribution in [1.29, 1.82) is 0 Å². The lowest BCUT2D eigenvalue weighted by Crippen LogP contribution is -2.32. The Hall–Kier alpha value is -2.00. The van der Waals surface area contributed by atoms with Gasteiger partial charge in [0.25, 0.3) is 0 Å². The van der Waals surface area contributed by atoms with Crippen molar-refractivity contribution in [2.45, 2.75) is 13.0 Å². The second kappa shape index (κ2) is 6.96. The van der Waals surface area contributed by atoms with Crippen LogP contribution in [0.3, 0.4) is 0 Å². The van der Waals surface area contributed by atoms with Crippen LogP contribution in [0.25, 0.3) is 0 Å². The van der Waals surface area contributed by atoms with E-state index in [1.54, 1.807) is 12.1 Å². The van der Waals surface area contributed by atoms with Crippen LogP contribution in [0.15, 0.2) is 54.6 Å². The number of hydrogen-bond donors (Lipinski definition) is 2. The van der Waals surface area contributed by atoms with Crippen molar-refractivity contribution < 1.29 is 4.79 Å². The van der Waals surface area contributed by atoms with E-state index < -0.39 is 0 Å². The number of halogens is 1. The van der Waals surface area contributed by atoms with Gasteiger partial charge in [-0.1, -0.05) is 48.0 Å². The van der Waals surface area contributed by atoms with Gasteiger partial charge in [0.1, 0.15) is 0 Å². The summed E-state index contributed by atoms with van der Waals surface area (Å²) in [5.41, 5.74) is 1.92. The number of carbonyl (C=O) groups excluding carboxylic acids is 1. The lowest BCUT2D eigenvalue weighted by molar-refractivity contribution is -0.120. The third-order valence-corrected chi connectivity index (χ3v) is 3.19. The first-order valence-corrected chi connectivity index (χ1v) is 6.86. The van der Waals surface area contributed by atoms with Gasteiger partial charge in [0.2, 0.25) is 5.91 Å². The number of anilines is 1. The molecule has 0 aliphatic heterocycles. The number of benzene rings is 2. The quantitative estimate of drug-likeness (QED) is 0.882. The summed E-state index contributed by atoms with van der Waals surface area (Å²) in [4.78, 5) is 11.9. The summed E-state index contributed by atoms with van der Waals surface area (Å²) in [6.45, 7) is 2.18. The highest BCUT2D eigenvalue weighted by molar-refractivity contribution is 6.30. The molecular formula is C16H17ClN2O. The van der Waals surface area contributed by atoms with Gasteiger partial charge >= 0.3 is 0 Å². The molecule has 2 rings (SSSR count). The number of hydrogen-bond acceptors (Lipinski definition) is 2. The van der Waals surface area contributed by atoms with Crippen LogP contribution in [0.1, 0.15) is 18.5 Å². The molecule has 2 N–H and O–H groups in total. The molecule has 4 heteroatoms. The van der Waals surface area contributed by atoms with E-state index in [0.29, 0.717) is 5.02 Å². The fourth-order valence-corrected chi connectivity index (χ4v) is 2.09. The van der Waals surface area contributed by atoms with E-state index in [4.69, 9.17) is 11.6 Å². The molecule has 1 amide bonds. The van der Waals surface area contributed by atoms with Crippen LogP contribution in [0.5, 0.6) is 0 Å². The second-order valence-electron chi connectivity index (χ2n) is 4.56. The first-order valence-electron chi connectivity index (χ1n) is 6.49. The number of amides is 1. The number of rotatable bonds is 5. The van der Waals surface area contributed by atoms with E-state index in [0.717, 1.165) is 11.3 Å². The van der Waals surface area contributed by atoms with Crippen LogP contribution in [0.4, 0.5) is 5.69 Å². The molecule has 0 aromatic heterocycles. The molecule has 0 saturated carbocycles. The average molecular weight is 289 g/mol. The third kappa shape index (κ3) is 4.28. The van der Waals surface area contributed by atoms with Gasteiger partial charge in [-0.3, -0.25) is 4.79 Å². The summed E-state index contributed by atoms with van der Waals surface area (Å²) >= 11 is 5.88. The lowest BCUT2D eigenvalue weighted by atomic mass is 10.1. The summed E-state index contributed by atoms with van der Waals surface area (Å²) in [5.74, 6) is -0.0543. The Kier molecular flexibility index (Phi) is 5.02. The molecule has 3 nitrogen and oxygen atoms in total. The Labute approximate surface area is 124 Å². The summed E-state index contributed by atoms with van der Waals surface area (Å²) in [5, 5.41) is 6.64. The van der Waals surface area contributed by atoms with Gasteiger partial charge in [-0.15, -0.1) is 0 Å². The van der Waals surface area contributed by atoms with Crippen molar-refractivity contribution in [1.82, 2.24) is 5.32 Å². The fraction of sp³-hybridized carbons (Fsp3) is 0.188. The molecular weight excluding hydrogens is 272 g/mol. The standard InChI is InChI=1S/C16H17ClN2O/c1-12(13-6-3-2-4-7-13)19-16(20)11-18-15-9-5-8-14(17)10-15/h2-10,12,18H,11H2,1H3,(H,19,20)/t12-/m0/s1. The molecule has 2 aromatic rings. The van der Waals surface area contributed by atoms with Crippen LogP contribution >= 0.6 is 11.6 Å². The zero-order valence-electron chi connectivity index (χ0n) is 11.3. The summed E-state index contributed by atoms with van der Waals surface area (Å²) in [6.07, 6.45) is 0. The largest absolute Gasteiger partial charge is 0.376 e. The van der Waals surface area contributed by atoms with Gasteiger partial charge in [-0.05, 0) is 30.7 Å². The summed E-state index contributed by atoms with van der Waals surface area (Å²) in [6, 6.07) is 17.2. The minimum absolute atomic E-state index is 0.00939. The molecule has 0 saturated heterocycles. The highest BCUT2D eigenvalue weighted by atomic mass is 35.5. The van der Waals surface area contributed by atoms with Crippen molar-refractivity contribution in [3.63, 3.8) is 0 Å². The van der Waals surface area contributed by atoms with Crippen molar-refractivity contribution in [2.24, 2.45) is 0 Å². The van der Waals surface area contributed by atoms with E-state index in [1.807, 2.05) is 49.4 Å². The highest BCUT2D eigenvalue weighted by Crippen LogP contribution is 2.15. The molecule has 104 valence electrons. The topological polar surface area (TPSA) is 41.1 Å².